The second kappa shape index (κ2) is 12.8. The highest BCUT2D eigenvalue weighted by Gasteiger charge is 2.24. The number of likely N-dealkylation sites (tertiary alicyclic amines) is 1. The molecule has 3 aromatic rings. The predicted molar refractivity (Wildman–Crippen MR) is 150 cm³/mol. The van der Waals surface area contributed by atoms with Gasteiger partial charge in [-0.3, -0.25) is 4.79 Å². The highest BCUT2D eigenvalue weighted by atomic mass is 19.1. The smallest absolute Gasteiger partial charge is 0.251 e. The Hall–Kier alpha value is -4.17. The van der Waals surface area contributed by atoms with E-state index in [-0.39, 0.29) is 36.1 Å². The minimum atomic E-state index is -0.490. The Morgan fingerprint density at radius 1 is 1.00 bits per heavy atom. The number of nitrogens with zero attached hydrogens (tertiary/aromatic N) is 2. The fourth-order valence-electron chi connectivity index (χ4n) is 5.27. The van der Waals surface area contributed by atoms with Gasteiger partial charge in [0.05, 0.1) is 0 Å². The molecule has 1 fully saturated rings. The van der Waals surface area contributed by atoms with E-state index in [0.717, 1.165) is 62.3 Å². The maximum Gasteiger partial charge on any atom is 0.251 e. The van der Waals surface area contributed by atoms with Gasteiger partial charge in [-0.15, -0.1) is 0 Å². The number of phenolic OH excluding ortho intramolecular Hbond substituents is 1. The first kappa shape index (κ1) is 27.4. The van der Waals surface area contributed by atoms with E-state index in [0.29, 0.717) is 11.3 Å². The van der Waals surface area contributed by atoms with Crippen LogP contribution in [0.4, 0.5) is 8.78 Å². The van der Waals surface area contributed by atoms with Gasteiger partial charge in [-0.25, -0.2) is 8.78 Å². The van der Waals surface area contributed by atoms with E-state index in [1.54, 1.807) is 24.5 Å². The highest BCUT2D eigenvalue weighted by Crippen LogP contribution is 2.31. The number of hydrogen-bond acceptors (Lipinski definition) is 5. The van der Waals surface area contributed by atoms with Crippen molar-refractivity contribution < 1.29 is 23.4 Å². The Morgan fingerprint density at radius 3 is 2.65 bits per heavy atom. The van der Waals surface area contributed by atoms with Crippen LogP contribution in [0.3, 0.4) is 0 Å². The molecule has 0 radical (unpaired) electrons. The molecule has 2 aliphatic rings. The molecule has 0 aromatic heterocycles. The average molecular weight is 546 g/mol. The zero-order valence-electron chi connectivity index (χ0n) is 22.2. The van der Waals surface area contributed by atoms with Crippen LogP contribution >= 0.6 is 0 Å². The molecule has 1 amide bonds. The average Bonchev–Trinajstić information content (AvgIpc) is 2.98. The summed E-state index contributed by atoms with van der Waals surface area (Å²) in [5.74, 6) is 0.00999. The van der Waals surface area contributed by atoms with E-state index >= 15 is 0 Å². The third-order valence-corrected chi connectivity index (χ3v) is 7.46. The number of aromatic hydroxyl groups is 1. The van der Waals surface area contributed by atoms with Crippen molar-refractivity contribution >= 4 is 11.7 Å². The van der Waals surface area contributed by atoms with Crippen LogP contribution in [0.15, 0.2) is 85.4 Å². The standard InChI is InChI=1S/C32H33F2N3O3/c33-26-8-9-30(34)24(20-26)10-13-35-32(39)29-7-2-1-6-28(29)23-11-14-36(15-12-23)16-17-37-18-19-40-31(22-37)25-4-3-5-27(38)21-25/h1-9,18-23,38H,10-17H2,(H,35,39). The highest BCUT2D eigenvalue weighted by molar-refractivity contribution is 5.95. The van der Waals surface area contributed by atoms with Gasteiger partial charge in [0.15, 0.2) is 0 Å². The van der Waals surface area contributed by atoms with Crippen LogP contribution < -0.4 is 5.32 Å². The zero-order valence-corrected chi connectivity index (χ0v) is 22.2. The topological polar surface area (TPSA) is 65.0 Å². The molecule has 6 nitrogen and oxygen atoms in total. The lowest BCUT2D eigenvalue weighted by Gasteiger charge is -2.34. The molecule has 5 rings (SSSR count). The maximum absolute atomic E-state index is 13.9. The van der Waals surface area contributed by atoms with Crippen LogP contribution in [0, 0.1) is 11.6 Å². The number of hydrogen-bond donors (Lipinski definition) is 2. The van der Waals surface area contributed by atoms with Gasteiger partial charge in [0.25, 0.3) is 5.91 Å². The Balaban J connectivity index is 1.12. The van der Waals surface area contributed by atoms with Gasteiger partial charge in [0, 0.05) is 43.2 Å². The van der Waals surface area contributed by atoms with Crippen molar-refractivity contribution in [1.29, 1.82) is 0 Å². The third kappa shape index (κ3) is 6.87. The van der Waals surface area contributed by atoms with E-state index in [2.05, 4.69) is 15.1 Å². The lowest BCUT2D eigenvalue weighted by atomic mass is 9.86. The zero-order chi connectivity index (χ0) is 27.9. The molecule has 0 aliphatic carbocycles. The van der Waals surface area contributed by atoms with Gasteiger partial charge < -0.3 is 25.0 Å². The van der Waals surface area contributed by atoms with Gasteiger partial charge in [-0.05, 0) is 85.8 Å². The minimum Gasteiger partial charge on any atom is -0.508 e. The fraction of sp³-hybridized carbons (Fsp3) is 0.281. The molecule has 2 N–H and O–H groups in total. The van der Waals surface area contributed by atoms with Crippen LogP contribution in [0.1, 0.15) is 45.8 Å². The summed E-state index contributed by atoms with van der Waals surface area (Å²) >= 11 is 0. The number of halogens is 2. The normalized spacial score (nSPS) is 15.9. The van der Waals surface area contributed by atoms with Gasteiger partial charge in [0.2, 0.25) is 0 Å². The second-order valence-corrected chi connectivity index (χ2v) is 10.1. The van der Waals surface area contributed by atoms with Gasteiger partial charge in [-0.1, -0.05) is 30.3 Å². The van der Waals surface area contributed by atoms with Crippen molar-refractivity contribution in [2.45, 2.75) is 25.2 Å². The van der Waals surface area contributed by atoms with Crippen LogP contribution in [0.5, 0.6) is 5.75 Å². The Labute approximate surface area is 233 Å². The summed E-state index contributed by atoms with van der Waals surface area (Å²) in [7, 11) is 0. The number of carbonyl (C=O) groups excluding carboxylic acids is 1. The summed E-state index contributed by atoms with van der Waals surface area (Å²) < 4.78 is 33.0. The molecular formula is C32H33F2N3O3. The quantitative estimate of drug-likeness (QED) is 0.365. The lowest BCUT2D eigenvalue weighted by molar-refractivity contribution is 0.0951. The predicted octanol–water partition coefficient (Wildman–Crippen LogP) is 5.62. The van der Waals surface area contributed by atoms with Crippen molar-refractivity contribution in [2.24, 2.45) is 0 Å². The molecule has 3 aromatic carbocycles. The molecule has 1 saturated heterocycles. The van der Waals surface area contributed by atoms with Crippen molar-refractivity contribution in [3.05, 3.63) is 119 Å². The van der Waals surface area contributed by atoms with Crippen molar-refractivity contribution in [3.63, 3.8) is 0 Å². The van der Waals surface area contributed by atoms with Crippen molar-refractivity contribution in [2.75, 3.05) is 32.7 Å². The summed E-state index contributed by atoms with van der Waals surface area (Å²) in [6, 6.07) is 18.0. The first-order valence-corrected chi connectivity index (χ1v) is 13.6. The van der Waals surface area contributed by atoms with E-state index < -0.39 is 11.6 Å². The Morgan fingerprint density at radius 2 is 1.82 bits per heavy atom. The lowest BCUT2D eigenvalue weighted by Crippen LogP contribution is -2.38. The third-order valence-electron chi connectivity index (χ3n) is 7.46. The SMILES string of the molecule is O=C(NCCc1cc(F)ccc1F)c1ccccc1C1CCN(CCN2C=COC(c3cccc(O)c3)=C2)CC1. The molecule has 2 heterocycles. The number of benzene rings is 3. The summed E-state index contributed by atoms with van der Waals surface area (Å²) in [5.41, 5.74) is 2.74. The molecule has 0 unspecified atom stereocenters. The number of piperidine rings is 1. The molecule has 8 heteroatoms. The molecule has 0 spiro atoms. The first-order valence-electron chi connectivity index (χ1n) is 13.6. The molecule has 208 valence electrons. The van der Waals surface area contributed by atoms with E-state index in [9.17, 15) is 18.7 Å². The number of phenols is 1. The van der Waals surface area contributed by atoms with E-state index in [1.165, 1.54) is 6.07 Å². The fourth-order valence-corrected chi connectivity index (χ4v) is 5.27. The van der Waals surface area contributed by atoms with Crippen LogP contribution in [-0.4, -0.2) is 53.5 Å². The molecule has 0 atom stereocenters. The molecule has 0 bridgehead atoms. The van der Waals surface area contributed by atoms with Crippen molar-refractivity contribution in [3.8, 4) is 5.75 Å². The largest absolute Gasteiger partial charge is 0.508 e. The molecule has 0 saturated carbocycles. The van der Waals surface area contributed by atoms with Crippen LogP contribution in [0.2, 0.25) is 0 Å². The van der Waals surface area contributed by atoms with Gasteiger partial charge >= 0.3 is 0 Å². The number of carbonyl (C=O) groups is 1. The van der Waals surface area contributed by atoms with E-state index in [1.807, 2.05) is 42.7 Å². The molecule has 40 heavy (non-hydrogen) atoms. The maximum atomic E-state index is 13.9. The Bertz CT molecular complexity index is 1400. The minimum absolute atomic E-state index is 0.191. The van der Waals surface area contributed by atoms with Crippen LogP contribution in [-0.2, 0) is 11.2 Å². The van der Waals surface area contributed by atoms with Gasteiger partial charge in [-0.2, -0.15) is 0 Å². The number of nitrogens with one attached hydrogen (secondary N) is 1. The number of rotatable bonds is 9. The summed E-state index contributed by atoms with van der Waals surface area (Å²) in [6.07, 6.45) is 7.61. The number of ether oxygens (including phenoxy) is 1. The van der Waals surface area contributed by atoms with Crippen LogP contribution in [0.25, 0.3) is 5.76 Å². The summed E-state index contributed by atoms with van der Waals surface area (Å²) in [5, 5.41) is 12.6. The Kier molecular flexibility index (Phi) is 8.76. The number of amides is 1. The second-order valence-electron chi connectivity index (χ2n) is 10.1. The monoisotopic (exact) mass is 545 g/mol. The first-order chi connectivity index (χ1) is 19.5. The summed E-state index contributed by atoms with van der Waals surface area (Å²) in [4.78, 5) is 17.5. The van der Waals surface area contributed by atoms with E-state index in [4.69, 9.17) is 4.74 Å². The van der Waals surface area contributed by atoms with Gasteiger partial charge in [0.1, 0.15) is 29.4 Å². The van der Waals surface area contributed by atoms with Crippen molar-refractivity contribution in [1.82, 2.24) is 15.1 Å². The summed E-state index contributed by atoms with van der Waals surface area (Å²) in [6.45, 7) is 3.77. The molecule has 2 aliphatic heterocycles. The molecular weight excluding hydrogens is 512 g/mol.